The van der Waals surface area contributed by atoms with Gasteiger partial charge in [0.15, 0.2) is 0 Å². The van der Waals surface area contributed by atoms with Gasteiger partial charge in [-0.3, -0.25) is 14.4 Å². The number of rotatable bonds is 10. The van der Waals surface area contributed by atoms with E-state index in [0.29, 0.717) is 37.8 Å². The first-order chi connectivity index (χ1) is 17.7. The molecule has 1 aliphatic heterocycles. The number of hydrogen-bond acceptors (Lipinski definition) is 4. The summed E-state index contributed by atoms with van der Waals surface area (Å²) in [7, 11) is 0. The van der Waals surface area contributed by atoms with Crippen molar-refractivity contribution in [2.45, 2.75) is 72.3 Å². The molecule has 2 atom stereocenters. The molecule has 1 saturated heterocycles. The highest BCUT2D eigenvalue weighted by Gasteiger charge is 2.24. The minimum Gasteiger partial charge on any atom is -0.489 e. The Morgan fingerprint density at radius 2 is 2.00 bits per heavy atom. The number of ether oxygens (including phenoxy) is 1. The maximum atomic E-state index is 13.7. The first kappa shape index (κ1) is 26.7. The van der Waals surface area contributed by atoms with Gasteiger partial charge in [-0.15, -0.1) is 5.92 Å². The Morgan fingerprint density at radius 1 is 1.24 bits per heavy atom. The van der Waals surface area contributed by atoms with Crippen LogP contribution in [0.15, 0.2) is 36.4 Å². The van der Waals surface area contributed by atoms with Crippen molar-refractivity contribution in [1.29, 1.82) is 0 Å². The van der Waals surface area contributed by atoms with E-state index >= 15 is 0 Å². The van der Waals surface area contributed by atoms with Crippen molar-refractivity contribution in [2.24, 2.45) is 5.92 Å². The van der Waals surface area contributed by atoms with Crippen molar-refractivity contribution < 1.29 is 19.0 Å². The summed E-state index contributed by atoms with van der Waals surface area (Å²) >= 11 is 0. The highest BCUT2D eigenvalue weighted by atomic mass is 19.1. The smallest absolute Gasteiger partial charge is 0.304 e. The van der Waals surface area contributed by atoms with E-state index in [1.807, 2.05) is 24.3 Å². The van der Waals surface area contributed by atoms with E-state index in [1.165, 1.54) is 0 Å². The molecule has 3 aromatic rings. The lowest BCUT2D eigenvalue weighted by molar-refractivity contribution is -0.137. The number of aryl methyl sites for hydroxylation is 1. The highest BCUT2D eigenvalue weighted by molar-refractivity contribution is 5.86. The van der Waals surface area contributed by atoms with Crippen molar-refractivity contribution in [3.63, 3.8) is 0 Å². The summed E-state index contributed by atoms with van der Waals surface area (Å²) in [6.45, 7) is 11.3. The van der Waals surface area contributed by atoms with Crippen LogP contribution in [0.25, 0.3) is 10.9 Å². The standard InChI is InChI=1S/C30H36FN3O3/c1-5-6-23(15-29(35)36)22-7-10-26(11-8-22)37-19-24-9-12-27-28(18-33-14-13-25(31)17-33)32-34(16-20(2)3)30(27)21(24)4/h7-12,20,23,25H,13-19H2,1-4H3,(H,35,36)/t23-,25?/m0/s1. The number of benzene rings is 2. The molecule has 2 aromatic carbocycles. The second-order valence-corrected chi connectivity index (χ2v) is 10.3. The van der Waals surface area contributed by atoms with E-state index in [1.54, 1.807) is 6.92 Å². The fraction of sp³-hybridized carbons (Fsp3) is 0.467. The molecule has 2 heterocycles. The Kier molecular flexibility index (Phi) is 8.50. The summed E-state index contributed by atoms with van der Waals surface area (Å²) in [6.07, 6.45) is -0.178. The van der Waals surface area contributed by atoms with Crippen LogP contribution < -0.4 is 4.74 Å². The number of carboxylic acid groups (broad SMARTS) is 1. The summed E-state index contributed by atoms with van der Waals surface area (Å²) in [5.41, 5.74) is 5.20. The largest absolute Gasteiger partial charge is 0.489 e. The summed E-state index contributed by atoms with van der Waals surface area (Å²) in [6, 6.07) is 11.7. The molecule has 0 saturated carbocycles. The Hall–Kier alpha value is -3.37. The van der Waals surface area contributed by atoms with Crippen LogP contribution in [0.2, 0.25) is 0 Å². The van der Waals surface area contributed by atoms with Gasteiger partial charge in [0, 0.05) is 31.6 Å². The lowest BCUT2D eigenvalue weighted by Gasteiger charge is -2.14. The van der Waals surface area contributed by atoms with Gasteiger partial charge in [-0.25, -0.2) is 4.39 Å². The van der Waals surface area contributed by atoms with Gasteiger partial charge in [0.1, 0.15) is 18.5 Å². The first-order valence-electron chi connectivity index (χ1n) is 13.0. The van der Waals surface area contributed by atoms with E-state index in [2.05, 4.69) is 54.3 Å². The quantitative estimate of drug-likeness (QED) is 0.358. The molecule has 6 nitrogen and oxygen atoms in total. The molecule has 1 fully saturated rings. The summed E-state index contributed by atoms with van der Waals surface area (Å²) in [5, 5.41) is 15.3. The highest BCUT2D eigenvalue weighted by Crippen LogP contribution is 2.29. The molecule has 1 aromatic heterocycles. The number of likely N-dealkylation sites (tertiary alicyclic amines) is 1. The van der Waals surface area contributed by atoms with Gasteiger partial charge in [0.2, 0.25) is 0 Å². The Balaban J connectivity index is 1.54. The number of aromatic nitrogens is 2. The number of fused-ring (bicyclic) bond motifs is 1. The number of alkyl halides is 1. The number of carboxylic acids is 1. The minimum atomic E-state index is -0.870. The van der Waals surface area contributed by atoms with Crippen LogP contribution in [0.3, 0.4) is 0 Å². The zero-order valence-electron chi connectivity index (χ0n) is 22.1. The van der Waals surface area contributed by atoms with Gasteiger partial charge in [0.25, 0.3) is 0 Å². The van der Waals surface area contributed by atoms with Crippen LogP contribution in [0.5, 0.6) is 5.75 Å². The van der Waals surface area contributed by atoms with E-state index in [-0.39, 0.29) is 12.3 Å². The molecule has 7 heteroatoms. The van der Waals surface area contributed by atoms with Crippen molar-refractivity contribution in [3.05, 3.63) is 58.8 Å². The predicted molar refractivity (Wildman–Crippen MR) is 143 cm³/mol. The molecule has 4 rings (SSSR count). The summed E-state index contributed by atoms with van der Waals surface area (Å²) in [4.78, 5) is 13.3. The van der Waals surface area contributed by atoms with E-state index in [9.17, 15) is 14.3 Å². The molecule has 37 heavy (non-hydrogen) atoms. The molecule has 0 aliphatic carbocycles. The summed E-state index contributed by atoms with van der Waals surface area (Å²) < 4.78 is 22.0. The molecular formula is C30H36FN3O3. The average Bonchev–Trinajstić information content (AvgIpc) is 3.41. The molecule has 1 aliphatic rings. The maximum Gasteiger partial charge on any atom is 0.304 e. The van der Waals surface area contributed by atoms with Gasteiger partial charge in [0.05, 0.1) is 23.5 Å². The van der Waals surface area contributed by atoms with Crippen molar-refractivity contribution in [3.8, 4) is 17.6 Å². The maximum absolute atomic E-state index is 13.7. The molecule has 1 unspecified atom stereocenters. The van der Waals surface area contributed by atoms with E-state index in [4.69, 9.17) is 9.84 Å². The van der Waals surface area contributed by atoms with Crippen LogP contribution in [-0.2, 0) is 24.5 Å². The Morgan fingerprint density at radius 3 is 2.62 bits per heavy atom. The summed E-state index contributed by atoms with van der Waals surface area (Å²) in [5.74, 6) is 5.75. The zero-order valence-corrected chi connectivity index (χ0v) is 22.1. The molecule has 0 radical (unpaired) electrons. The van der Waals surface area contributed by atoms with Crippen LogP contribution in [0.1, 0.15) is 61.9 Å². The fourth-order valence-corrected chi connectivity index (χ4v) is 5.01. The third kappa shape index (κ3) is 6.50. The van der Waals surface area contributed by atoms with E-state index < -0.39 is 12.1 Å². The molecule has 0 bridgehead atoms. The first-order valence-corrected chi connectivity index (χ1v) is 13.0. The Labute approximate surface area is 218 Å². The molecular weight excluding hydrogens is 469 g/mol. The number of aliphatic carboxylic acids is 1. The predicted octanol–water partition coefficient (Wildman–Crippen LogP) is 5.71. The van der Waals surface area contributed by atoms with Gasteiger partial charge in [-0.2, -0.15) is 5.10 Å². The Bertz CT molecular complexity index is 1300. The topological polar surface area (TPSA) is 67.6 Å². The van der Waals surface area contributed by atoms with Crippen LogP contribution in [0.4, 0.5) is 4.39 Å². The van der Waals surface area contributed by atoms with E-state index in [0.717, 1.165) is 46.4 Å². The molecule has 0 amide bonds. The van der Waals surface area contributed by atoms with Crippen LogP contribution in [-0.4, -0.2) is 45.0 Å². The number of halogens is 1. The third-order valence-corrected chi connectivity index (χ3v) is 6.85. The average molecular weight is 506 g/mol. The lowest BCUT2D eigenvalue weighted by atomic mass is 9.96. The second kappa shape index (κ2) is 11.8. The molecule has 196 valence electrons. The van der Waals surface area contributed by atoms with Gasteiger partial charge < -0.3 is 9.84 Å². The third-order valence-electron chi connectivity index (χ3n) is 6.85. The SMILES string of the molecule is CC#C[C@@H](CC(=O)O)c1ccc(OCc2ccc3c(CN4CCC(F)C4)nn(CC(C)C)c3c2C)cc1. The van der Waals surface area contributed by atoms with Gasteiger partial charge in [-0.1, -0.05) is 44.0 Å². The lowest BCUT2D eigenvalue weighted by Crippen LogP contribution is -2.21. The number of hydrogen-bond donors (Lipinski definition) is 1. The van der Waals surface area contributed by atoms with Crippen LogP contribution >= 0.6 is 0 Å². The van der Waals surface area contributed by atoms with Crippen molar-refractivity contribution in [1.82, 2.24) is 14.7 Å². The van der Waals surface area contributed by atoms with Crippen LogP contribution in [0, 0.1) is 24.7 Å². The van der Waals surface area contributed by atoms with Gasteiger partial charge >= 0.3 is 5.97 Å². The minimum absolute atomic E-state index is 0.0293. The second-order valence-electron chi connectivity index (χ2n) is 10.3. The zero-order chi connectivity index (χ0) is 26.5. The van der Waals surface area contributed by atoms with Crippen molar-refractivity contribution in [2.75, 3.05) is 13.1 Å². The van der Waals surface area contributed by atoms with Crippen molar-refractivity contribution >= 4 is 16.9 Å². The number of carbonyl (C=O) groups is 1. The monoisotopic (exact) mass is 505 g/mol. The molecule has 0 spiro atoms. The van der Waals surface area contributed by atoms with Gasteiger partial charge in [-0.05, 0) is 55.0 Å². The fourth-order valence-electron chi connectivity index (χ4n) is 5.01. The molecule has 1 N–H and O–H groups in total. The number of nitrogens with zero attached hydrogens (tertiary/aromatic N) is 3. The normalized spacial score (nSPS) is 16.6.